The van der Waals surface area contributed by atoms with Crippen molar-refractivity contribution in [1.29, 1.82) is 0 Å². The SMILES string of the molecule is Cc1ccc(C(=O)c2ccccc2C(=O)NCCO)cc1. The molecule has 0 radical (unpaired) electrons. The van der Waals surface area contributed by atoms with Crippen molar-refractivity contribution in [2.75, 3.05) is 13.2 Å². The molecule has 2 N–H and O–H groups in total. The first kappa shape index (κ1) is 14.9. The number of aliphatic hydroxyl groups is 1. The van der Waals surface area contributed by atoms with E-state index in [-0.39, 0.29) is 24.8 Å². The number of nitrogens with one attached hydrogen (secondary N) is 1. The number of aryl methyl sites for hydroxylation is 1. The molecule has 4 nitrogen and oxygen atoms in total. The Kier molecular flexibility index (Phi) is 4.85. The van der Waals surface area contributed by atoms with Crippen LogP contribution in [0, 0.1) is 6.92 Å². The van der Waals surface area contributed by atoms with E-state index in [9.17, 15) is 9.59 Å². The summed E-state index contributed by atoms with van der Waals surface area (Å²) in [4.78, 5) is 24.6. The van der Waals surface area contributed by atoms with Gasteiger partial charge in [0.25, 0.3) is 5.91 Å². The molecule has 0 heterocycles. The molecule has 0 saturated heterocycles. The molecule has 0 aliphatic heterocycles. The smallest absolute Gasteiger partial charge is 0.252 e. The predicted octanol–water partition coefficient (Wildman–Crippen LogP) is 1.95. The number of amides is 1. The van der Waals surface area contributed by atoms with Gasteiger partial charge in [-0.1, -0.05) is 48.0 Å². The fourth-order valence-corrected chi connectivity index (χ4v) is 2.00. The van der Waals surface area contributed by atoms with Crippen LogP contribution in [-0.4, -0.2) is 29.9 Å². The van der Waals surface area contributed by atoms with Gasteiger partial charge in [0.2, 0.25) is 0 Å². The molecule has 2 aromatic carbocycles. The Balaban J connectivity index is 2.33. The van der Waals surface area contributed by atoms with Crippen molar-refractivity contribution in [2.24, 2.45) is 0 Å². The van der Waals surface area contributed by atoms with Gasteiger partial charge in [-0.15, -0.1) is 0 Å². The van der Waals surface area contributed by atoms with E-state index in [1.54, 1.807) is 36.4 Å². The monoisotopic (exact) mass is 283 g/mol. The highest BCUT2D eigenvalue weighted by Gasteiger charge is 2.17. The third-order valence-electron chi connectivity index (χ3n) is 3.13. The highest BCUT2D eigenvalue weighted by Crippen LogP contribution is 2.15. The van der Waals surface area contributed by atoms with E-state index < -0.39 is 0 Å². The second kappa shape index (κ2) is 6.81. The minimum absolute atomic E-state index is 0.139. The molecule has 108 valence electrons. The van der Waals surface area contributed by atoms with Gasteiger partial charge >= 0.3 is 0 Å². The van der Waals surface area contributed by atoms with Crippen LogP contribution >= 0.6 is 0 Å². The fourth-order valence-electron chi connectivity index (χ4n) is 2.00. The lowest BCUT2D eigenvalue weighted by Gasteiger charge is -2.09. The van der Waals surface area contributed by atoms with Crippen molar-refractivity contribution >= 4 is 11.7 Å². The number of hydrogen-bond acceptors (Lipinski definition) is 3. The second-order valence-electron chi connectivity index (χ2n) is 4.72. The first-order valence-corrected chi connectivity index (χ1v) is 6.73. The summed E-state index contributed by atoms with van der Waals surface area (Å²) in [6.45, 7) is 1.97. The summed E-state index contributed by atoms with van der Waals surface area (Å²) in [5.74, 6) is -0.551. The van der Waals surface area contributed by atoms with Gasteiger partial charge in [-0.3, -0.25) is 9.59 Å². The predicted molar refractivity (Wildman–Crippen MR) is 80.5 cm³/mol. The van der Waals surface area contributed by atoms with Crippen LogP contribution in [0.1, 0.15) is 31.8 Å². The second-order valence-corrected chi connectivity index (χ2v) is 4.72. The third kappa shape index (κ3) is 3.55. The van der Waals surface area contributed by atoms with E-state index in [1.807, 2.05) is 19.1 Å². The first-order valence-electron chi connectivity index (χ1n) is 6.73. The highest BCUT2D eigenvalue weighted by atomic mass is 16.3. The van der Waals surface area contributed by atoms with Crippen molar-refractivity contribution in [3.63, 3.8) is 0 Å². The number of ketones is 1. The third-order valence-corrected chi connectivity index (χ3v) is 3.13. The molecule has 0 aliphatic rings. The average molecular weight is 283 g/mol. The van der Waals surface area contributed by atoms with Crippen LogP contribution in [0.5, 0.6) is 0 Å². The number of carbonyl (C=O) groups excluding carboxylic acids is 2. The summed E-state index contributed by atoms with van der Waals surface area (Å²) < 4.78 is 0. The molecule has 0 aliphatic carbocycles. The van der Waals surface area contributed by atoms with Gasteiger partial charge in [0.1, 0.15) is 0 Å². The van der Waals surface area contributed by atoms with Gasteiger partial charge < -0.3 is 10.4 Å². The lowest BCUT2D eigenvalue weighted by molar-refractivity contribution is 0.0934. The Morgan fingerprint density at radius 2 is 1.62 bits per heavy atom. The van der Waals surface area contributed by atoms with Crippen LogP contribution in [0.2, 0.25) is 0 Å². The summed E-state index contributed by atoms with van der Waals surface area (Å²) in [6.07, 6.45) is 0. The van der Waals surface area contributed by atoms with Gasteiger partial charge in [0.15, 0.2) is 5.78 Å². The van der Waals surface area contributed by atoms with Crippen molar-refractivity contribution in [3.8, 4) is 0 Å². The van der Waals surface area contributed by atoms with Gasteiger partial charge in [0, 0.05) is 17.7 Å². The van der Waals surface area contributed by atoms with Gasteiger partial charge in [0.05, 0.1) is 12.2 Å². The van der Waals surface area contributed by atoms with Crippen LogP contribution in [0.3, 0.4) is 0 Å². The maximum Gasteiger partial charge on any atom is 0.252 e. The van der Waals surface area contributed by atoms with E-state index in [2.05, 4.69) is 5.32 Å². The number of carbonyl (C=O) groups is 2. The summed E-state index contributed by atoms with van der Waals surface area (Å²) in [7, 11) is 0. The fraction of sp³-hybridized carbons (Fsp3) is 0.176. The van der Waals surface area contributed by atoms with E-state index >= 15 is 0 Å². The first-order chi connectivity index (χ1) is 10.1. The van der Waals surface area contributed by atoms with Gasteiger partial charge in [-0.25, -0.2) is 0 Å². The van der Waals surface area contributed by atoms with E-state index in [0.717, 1.165) is 5.56 Å². The largest absolute Gasteiger partial charge is 0.395 e. The minimum atomic E-state index is -0.361. The lowest BCUT2D eigenvalue weighted by Crippen LogP contribution is -2.28. The van der Waals surface area contributed by atoms with E-state index in [0.29, 0.717) is 16.7 Å². The topological polar surface area (TPSA) is 66.4 Å². The molecule has 4 heteroatoms. The maximum absolute atomic E-state index is 12.5. The van der Waals surface area contributed by atoms with Crippen LogP contribution in [-0.2, 0) is 0 Å². The normalized spacial score (nSPS) is 10.2. The molecule has 0 saturated carbocycles. The summed E-state index contributed by atoms with van der Waals surface area (Å²) in [5, 5.41) is 11.3. The molecule has 0 unspecified atom stereocenters. The number of aliphatic hydroxyl groups excluding tert-OH is 1. The zero-order chi connectivity index (χ0) is 15.2. The maximum atomic E-state index is 12.5. The number of hydrogen-bond donors (Lipinski definition) is 2. The van der Waals surface area contributed by atoms with Crippen LogP contribution in [0.15, 0.2) is 48.5 Å². The van der Waals surface area contributed by atoms with Crippen molar-refractivity contribution in [2.45, 2.75) is 6.92 Å². The summed E-state index contributed by atoms with van der Waals surface area (Å²) in [6, 6.07) is 13.9. The molecular formula is C17H17NO3. The molecule has 0 atom stereocenters. The molecule has 1 amide bonds. The molecule has 21 heavy (non-hydrogen) atoms. The standard InChI is InChI=1S/C17H17NO3/c1-12-6-8-13(9-7-12)16(20)14-4-2-3-5-15(14)17(21)18-10-11-19/h2-9,19H,10-11H2,1H3,(H,18,21). The highest BCUT2D eigenvalue weighted by molar-refractivity contribution is 6.15. The summed E-state index contributed by atoms with van der Waals surface area (Å²) >= 11 is 0. The van der Waals surface area contributed by atoms with Crippen molar-refractivity contribution in [1.82, 2.24) is 5.32 Å². The van der Waals surface area contributed by atoms with Gasteiger partial charge in [-0.05, 0) is 13.0 Å². The summed E-state index contributed by atoms with van der Waals surface area (Å²) in [5.41, 5.74) is 2.29. The Morgan fingerprint density at radius 3 is 2.24 bits per heavy atom. The van der Waals surface area contributed by atoms with E-state index in [4.69, 9.17) is 5.11 Å². The quantitative estimate of drug-likeness (QED) is 0.824. The average Bonchev–Trinajstić information content (AvgIpc) is 2.52. The number of benzene rings is 2. The molecule has 2 rings (SSSR count). The molecule has 0 fully saturated rings. The van der Waals surface area contributed by atoms with Crippen LogP contribution in [0.25, 0.3) is 0 Å². The van der Waals surface area contributed by atoms with E-state index in [1.165, 1.54) is 0 Å². The number of rotatable bonds is 5. The molecule has 2 aromatic rings. The van der Waals surface area contributed by atoms with Crippen LogP contribution in [0.4, 0.5) is 0 Å². The Labute approximate surface area is 123 Å². The molecule has 0 aromatic heterocycles. The van der Waals surface area contributed by atoms with Gasteiger partial charge in [-0.2, -0.15) is 0 Å². The van der Waals surface area contributed by atoms with Crippen molar-refractivity contribution in [3.05, 3.63) is 70.8 Å². The van der Waals surface area contributed by atoms with Crippen molar-refractivity contribution < 1.29 is 14.7 Å². The zero-order valence-electron chi connectivity index (χ0n) is 11.8. The van der Waals surface area contributed by atoms with Crippen LogP contribution < -0.4 is 5.32 Å². The Morgan fingerprint density at radius 1 is 1.00 bits per heavy atom. The Hall–Kier alpha value is -2.46. The minimum Gasteiger partial charge on any atom is -0.395 e. The Bertz CT molecular complexity index is 647. The molecule has 0 spiro atoms. The zero-order valence-corrected chi connectivity index (χ0v) is 11.8. The molecule has 0 bridgehead atoms. The molecular weight excluding hydrogens is 266 g/mol. The lowest BCUT2D eigenvalue weighted by atomic mass is 9.97.